The monoisotopic (exact) mass is 445 g/mol. The van der Waals surface area contributed by atoms with Gasteiger partial charge in [0.25, 0.3) is 11.5 Å². The molecule has 0 saturated heterocycles. The first-order chi connectivity index (χ1) is 12.5. The van der Waals surface area contributed by atoms with Crippen molar-refractivity contribution in [2.24, 2.45) is 0 Å². The zero-order chi connectivity index (χ0) is 18.3. The van der Waals surface area contributed by atoms with Crippen LogP contribution in [0.3, 0.4) is 0 Å². The molecule has 8 heteroatoms. The van der Waals surface area contributed by atoms with Gasteiger partial charge in [-0.25, -0.2) is 0 Å². The number of aromatic amines is 1. The Hall–Kier alpha value is -2.29. The Kier molecular flexibility index (Phi) is 4.47. The molecule has 0 aliphatic heterocycles. The predicted molar refractivity (Wildman–Crippen MR) is 110 cm³/mol. The molecule has 0 bridgehead atoms. The van der Waals surface area contributed by atoms with Crippen molar-refractivity contribution in [1.82, 2.24) is 14.7 Å². The highest BCUT2D eigenvalue weighted by Gasteiger charge is 2.17. The minimum Gasteiger partial charge on any atom is -0.347 e. The number of halogens is 1. The zero-order valence-corrected chi connectivity index (χ0v) is 16.5. The average molecular weight is 446 g/mol. The maximum absolute atomic E-state index is 12.7. The van der Waals surface area contributed by atoms with Crippen molar-refractivity contribution in [2.45, 2.75) is 6.54 Å². The lowest BCUT2D eigenvalue weighted by atomic mass is 10.2. The standard InChI is InChI=1S/C18H12BrN3O2S2/c19-11-6-7-13-12(8-11)16(23)21-15-14(26-18(25)22(13)15)17(24)20-9-10-4-2-1-3-5-10/h1-8H,9H2,(H,20,24)(H,21,23). The molecule has 2 aromatic carbocycles. The van der Waals surface area contributed by atoms with Crippen LogP contribution < -0.4 is 10.9 Å². The third-order valence-corrected chi connectivity index (χ3v) is 5.85. The Balaban J connectivity index is 1.80. The van der Waals surface area contributed by atoms with Gasteiger partial charge in [-0.15, -0.1) is 0 Å². The molecule has 0 radical (unpaired) electrons. The second-order valence-electron chi connectivity index (χ2n) is 5.66. The molecular weight excluding hydrogens is 434 g/mol. The summed E-state index contributed by atoms with van der Waals surface area (Å²) >= 11 is 10.00. The number of fused-ring (bicyclic) bond motifs is 3. The van der Waals surface area contributed by atoms with E-state index in [0.29, 0.717) is 31.9 Å². The predicted octanol–water partition coefficient (Wildman–Crippen LogP) is 4.26. The number of rotatable bonds is 3. The maximum atomic E-state index is 12.7. The lowest BCUT2D eigenvalue weighted by Crippen LogP contribution is -2.23. The van der Waals surface area contributed by atoms with Crippen LogP contribution in [0.15, 0.2) is 57.8 Å². The fourth-order valence-electron chi connectivity index (χ4n) is 2.78. The Bertz CT molecular complexity index is 1260. The third-order valence-electron chi connectivity index (χ3n) is 3.99. The summed E-state index contributed by atoms with van der Waals surface area (Å²) in [6, 6.07) is 15.0. The number of nitrogens with one attached hydrogen (secondary N) is 2. The molecule has 0 aliphatic carbocycles. The second kappa shape index (κ2) is 6.79. The van der Waals surface area contributed by atoms with Crippen molar-refractivity contribution in [2.75, 3.05) is 0 Å². The van der Waals surface area contributed by atoms with Crippen LogP contribution in [0.4, 0.5) is 0 Å². The average Bonchev–Trinajstić information content (AvgIpc) is 2.97. The Labute approximate surface area is 165 Å². The second-order valence-corrected chi connectivity index (χ2v) is 8.22. The summed E-state index contributed by atoms with van der Waals surface area (Å²) in [4.78, 5) is 28.3. The van der Waals surface area contributed by atoms with Crippen LogP contribution in [0.5, 0.6) is 0 Å². The van der Waals surface area contributed by atoms with E-state index in [1.54, 1.807) is 10.5 Å². The molecule has 2 N–H and O–H groups in total. The summed E-state index contributed by atoms with van der Waals surface area (Å²) in [5, 5.41) is 3.39. The van der Waals surface area contributed by atoms with Crippen molar-refractivity contribution in [3.05, 3.63) is 77.8 Å². The van der Waals surface area contributed by atoms with E-state index in [1.807, 2.05) is 42.5 Å². The topological polar surface area (TPSA) is 66.4 Å². The van der Waals surface area contributed by atoms with Gasteiger partial charge in [0, 0.05) is 11.0 Å². The van der Waals surface area contributed by atoms with Crippen LogP contribution in [0.25, 0.3) is 16.6 Å². The number of nitrogens with zero attached hydrogens (tertiary/aromatic N) is 1. The molecule has 2 aromatic heterocycles. The van der Waals surface area contributed by atoms with Gasteiger partial charge in [0.15, 0.2) is 3.95 Å². The first-order valence-corrected chi connectivity index (χ1v) is 9.75. The van der Waals surface area contributed by atoms with E-state index in [-0.39, 0.29) is 11.5 Å². The molecule has 0 fully saturated rings. The summed E-state index contributed by atoms with van der Waals surface area (Å²) in [5.74, 6) is -0.264. The molecule has 4 rings (SSSR count). The van der Waals surface area contributed by atoms with Crippen molar-refractivity contribution in [3.8, 4) is 0 Å². The quantitative estimate of drug-likeness (QED) is 0.462. The lowest BCUT2D eigenvalue weighted by Gasteiger charge is -2.05. The number of thiazole rings is 1. The van der Waals surface area contributed by atoms with Crippen LogP contribution in [0, 0.1) is 3.95 Å². The van der Waals surface area contributed by atoms with Crippen LogP contribution >= 0.6 is 39.5 Å². The van der Waals surface area contributed by atoms with E-state index in [4.69, 9.17) is 12.2 Å². The van der Waals surface area contributed by atoms with E-state index < -0.39 is 0 Å². The largest absolute Gasteiger partial charge is 0.347 e. The van der Waals surface area contributed by atoms with Gasteiger partial charge in [0.2, 0.25) is 0 Å². The lowest BCUT2D eigenvalue weighted by molar-refractivity contribution is 0.0956. The number of hydrogen-bond acceptors (Lipinski definition) is 4. The minimum absolute atomic E-state index is 0.258. The molecule has 0 atom stereocenters. The van der Waals surface area contributed by atoms with Crippen molar-refractivity contribution in [3.63, 3.8) is 0 Å². The van der Waals surface area contributed by atoms with Gasteiger partial charge in [-0.05, 0) is 36.0 Å². The van der Waals surface area contributed by atoms with E-state index in [9.17, 15) is 9.59 Å². The number of hydrogen-bond donors (Lipinski definition) is 2. The Morgan fingerprint density at radius 1 is 1.23 bits per heavy atom. The molecule has 1 amide bonds. The molecule has 130 valence electrons. The number of benzene rings is 2. The number of aromatic nitrogens is 2. The molecular formula is C18H12BrN3O2S2. The SMILES string of the molecule is O=C(NCc1ccccc1)c1sc(=S)n2c1[nH]c(=O)c1cc(Br)ccc12. The third kappa shape index (κ3) is 3.00. The van der Waals surface area contributed by atoms with Gasteiger partial charge in [0.1, 0.15) is 10.5 Å². The van der Waals surface area contributed by atoms with Gasteiger partial charge in [-0.1, -0.05) is 57.6 Å². The van der Waals surface area contributed by atoms with E-state index in [0.717, 1.165) is 10.0 Å². The van der Waals surface area contributed by atoms with E-state index in [2.05, 4.69) is 26.2 Å². The first kappa shape index (κ1) is 17.1. The summed E-state index contributed by atoms with van der Waals surface area (Å²) in [5.41, 5.74) is 1.84. The molecule has 0 aliphatic rings. The van der Waals surface area contributed by atoms with Gasteiger partial charge < -0.3 is 10.3 Å². The fraction of sp³-hybridized carbons (Fsp3) is 0.0556. The molecule has 26 heavy (non-hydrogen) atoms. The normalized spacial score (nSPS) is 11.1. The van der Waals surface area contributed by atoms with Crippen LogP contribution in [0.1, 0.15) is 15.2 Å². The summed E-state index contributed by atoms with van der Waals surface area (Å²) in [6.07, 6.45) is 0. The molecule has 0 unspecified atom stereocenters. The van der Waals surface area contributed by atoms with E-state index >= 15 is 0 Å². The maximum Gasteiger partial charge on any atom is 0.265 e. The van der Waals surface area contributed by atoms with Crippen LogP contribution in [-0.2, 0) is 6.54 Å². The summed E-state index contributed by atoms with van der Waals surface area (Å²) < 4.78 is 3.05. The van der Waals surface area contributed by atoms with Crippen LogP contribution in [0.2, 0.25) is 0 Å². The highest BCUT2D eigenvalue weighted by atomic mass is 79.9. The summed E-state index contributed by atoms with van der Waals surface area (Å²) in [6.45, 7) is 0.404. The smallest absolute Gasteiger partial charge is 0.265 e. The number of carbonyl (C=O) groups excluding carboxylic acids is 1. The Morgan fingerprint density at radius 2 is 2.00 bits per heavy atom. The highest BCUT2D eigenvalue weighted by molar-refractivity contribution is 9.10. The molecule has 0 spiro atoms. The van der Waals surface area contributed by atoms with Gasteiger partial charge in [-0.3, -0.25) is 14.0 Å². The van der Waals surface area contributed by atoms with Crippen LogP contribution in [-0.4, -0.2) is 15.3 Å². The molecule has 2 heterocycles. The molecule has 0 saturated carbocycles. The summed E-state index contributed by atoms with van der Waals surface area (Å²) in [7, 11) is 0. The minimum atomic E-state index is -0.264. The first-order valence-electron chi connectivity index (χ1n) is 7.74. The van der Waals surface area contributed by atoms with Gasteiger partial charge >= 0.3 is 0 Å². The highest BCUT2D eigenvalue weighted by Crippen LogP contribution is 2.24. The Morgan fingerprint density at radius 3 is 2.77 bits per heavy atom. The van der Waals surface area contributed by atoms with E-state index in [1.165, 1.54) is 11.3 Å². The zero-order valence-electron chi connectivity index (χ0n) is 13.3. The number of carbonyl (C=O) groups is 1. The van der Waals surface area contributed by atoms with Crippen molar-refractivity contribution >= 4 is 61.9 Å². The number of H-pyrrole nitrogens is 1. The van der Waals surface area contributed by atoms with Gasteiger partial charge in [0.05, 0.1) is 10.9 Å². The molecule has 5 nitrogen and oxygen atoms in total. The van der Waals surface area contributed by atoms with Crippen molar-refractivity contribution in [1.29, 1.82) is 0 Å². The van der Waals surface area contributed by atoms with Gasteiger partial charge in [-0.2, -0.15) is 0 Å². The molecule has 4 aromatic rings. The van der Waals surface area contributed by atoms with Crippen molar-refractivity contribution < 1.29 is 4.79 Å². The number of amides is 1. The fourth-order valence-corrected chi connectivity index (χ4v) is 4.44.